The Morgan fingerprint density at radius 2 is 1.94 bits per heavy atom. The molecule has 166 valence electrons. The van der Waals surface area contributed by atoms with E-state index in [9.17, 15) is 4.79 Å². The van der Waals surface area contributed by atoms with Gasteiger partial charge in [-0.2, -0.15) is 0 Å². The number of hydrogen-bond donors (Lipinski definition) is 1. The first-order valence-corrected chi connectivity index (χ1v) is 11.6. The maximum absolute atomic E-state index is 12.9. The third-order valence-corrected chi connectivity index (χ3v) is 6.28. The number of methoxy groups -OCH3 is 1. The molecule has 32 heavy (non-hydrogen) atoms. The lowest BCUT2D eigenvalue weighted by atomic mass is 10.1. The summed E-state index contributed by atoms with van der Waals surface area (Å²) in [6.45, 7) is 5.70. The first-order chi connectivity index (χ1) is 15.5. The molecule has 1 N–H and O–H groups in total. The van der Waals surface area contributed by atoms with Crippen molar-refractivity contribution in [2.45, 2.75) is 20.3 Å². The molecule has 2 aromatic carbocycles. The molecule has 4 aromatic rings. The minimum Gasteiger partial charge on any atom is -0.383 e. The second kappa shape index (κ2) is 9.97. The van der Waals surface area contributed by atoms with E-state index in [4.69, 9.17) is 9.72 Å². The van der Waals surface area contributed by atoms with Crippen molar-refractivity contribution in [2.24, 2.45) is 0 Å². The molecule has 6 nitrogen and oxygen atoms in total. The number of ether oxygens (including phenoxy) is 1. The maximum atomic E-state index is 12.9. The van der Waals surface area contributed by atoms with Crippen LogP contribution in [-0.2, 0) is 11.2 Å². The van der Waals surface area contributed by atoms with Crippen molar-refractivity contribution < 1.29 is 9.53 Å². The number of carbonyl (C=O) groups is 1. The van der Waals surface area contributed by atoms with Crippen LogP contribution in [0.15, 0.2) is 60.1 Å². The fourth-order valence-corrected chi connectivity index (χ4v) is 4.47. The van der Waals surface area contributed by atoms with Crippen LogP contribution in [0.3, 0.4) is 0 Å². The molecule has 7 heteroatoms. The lowest BCUT2D eigenvalue weighted by Gasteiger charge is -2.23. The highest BCUT2D eigenvalue weighted by Crippen LogP contribution is 2.24. The molecule has 0 aliphatic rings. The summed E-state index contributed by atoms with van der Waals surface area (Å²) in [6, 6.07) is 16.1. The number of amides is 2. The zero-order valence-corrected chi connectivity index (χ0v) is 19.5. The second-order valence-electron chi connectivity index (χ2n) is 7.90. The average molecular weight is 449 g/mol. The Balaban J connectivity index is 1.47. The molecule has 4 rings (SSSR count). The largest absolute Gasteiger partial charge is 0.383 e. The number of nitrogens with zero attached hydrogens (tertiary/aromatic N) is 3. The monoisotopic (exact) mass is 448 g/mol. The normalized spacial score (nSPS) is 11.1. The van der Waals surface area contributed by atoms with E-state index in [0.717, 1.165) is 39.6 Å². The number of imidazole rings is 1. The molecule has 0 saturated heterocycles. The summed E-state index contributed by atoms with van der Waals surface area (Å²) in [4.78, 5) is 20.5. The lowest BCUT2D eigenvalue weighted by Crippen LogP contribution is -2.38. The van der Waals surface area contributed by atoms with Gasteiger partial charge in [0.2, 0.25) is 0 Å². The summed E-state index contributed by atoms with van der Waals surface area (Å²) in [6.07, 6.45) is 2.81. The number of urea groups is 1. The van der Waals surface area contributed by atoms with Crippen LogP contribution >= 0.6 is 11.3 Å². The first kappa shape index (κ1) is 22.0. The maximum Gasteiger partial charge on any atom is 0.321 e. The number of carbonyl (C=O) groups excluding carboxylic acids is 1. The smallest absolute Gasteiger partial charge is 0.321 e. The van der Waals surface area contributed by atoms with E-state index < -0.39 is 0 Å². The van der Waals surface area contributed by atoms with Crippen molar-refractivity contribution in [1.82, 2.24) is 14.3 Å². The fraction of sp³-hybridized carbons (Fsp3) is 0.280. The van der Waals surface area contributed by atoms with Gasteiger partial charge in [-0.15, -0.1) is 11.3 Å². The Bertz CT molecular complexity index is 1200. The SMILES string of the molecule is COCCN(CCc1csc2nc(-c3ccc(C)cc3)cn12)C(=O)Nc1cccc(C)c1. The average Bonchev–Trinajstić information content (AvgIpc) is 3.36. The third kappa shape index (κ3) is 5.18. The van der Waals surface area contributed by atoms with Gasteiger partial charge in [0, 0.05) is 55.1 Å². The number of aryl methyl sites for hydroxylation is 2. The highest BCUT2D eigenvalue weighted by molar-refractivity contribution is 7.15. The van der Waals surface area contributed by atoms with E-state index in [2.05, 4.69) is 52.5 Å². The van der Waals surface area contributed by atoms with Crippen molar-refractivity contribution in [3.8, 4) is 11.3 Å². The summed E-state index contributed by atoms with van der Waals surface area (Å²) >= 11 is 1.62. The molecule has 2 amide bonds. The molecule has 0 fully saturated rings. The molecular formula is C25H28N4O2S. The van der Waals surface area contributed by atoms with Crippen molar-refractivity contribution >= 4 is 28.0 Å². The van der Waals surface area contributed by atoms with Crippen molar-refractivity contribution in [1.29, 1.82) is 0 Å². The van der Waals surface area contributed by atoms with Crippen LogP contribution in [-0.4, -0.2) is 47.1 Å². The Morgan fingerprint density at radius 1 is 1.12 bits per heavy atom. The second-order valence-corrected chi connectivity index (χ2v) is 8.74. The molecule has 2 heterocycles. The zero-order valence-electron chi connectivity index (χ0n) is 18.7. The molecule has 0 spiro atoms. The Labute approximate surface area is 192 Å². The number of aromatic nitrogens is 2. The minimum absolute atomic E-state index is 0.120. The third-order valence-electron chi connectivity index (χ3n) is 5.39. The van der Waals surface area contributed by atoms with Crippen molar-refractivity contribution in [2.75, 3.05) is 32.1 Å². The van der Waals surface area contributed by atoms with Gasteiger partial charge in [0.05, 0.1) is 12.3 Å². The molecule has 0 bridgehead atoms. The number of nitrogens with one attached hydrogen (secondary N) is 1. The molecule has 0 saturated carbocycles. The van der Waals surface area contributed by atoms with Gasteiger partial charge >= 0.3 is 6.03 Å². The van der Waals surface area contributed by atoms with Crippen LogP contribution in [0.1, 0.15) is 16.8 Å². The molecule has 2 aromatic heterocycles. The summed E-state index contributed by atoms with van der Waals surface area (Å²) in [7, 11) is 1.65. The first-order valence-electron chi connectivity index (χ1n) is 10.7. The molecule has 0 aliphatic heterocycles. The van der Waals surface area contributed by atoms with Crippen LogP contribution < -0.4 is 5.32 Å². The van der Waals surface area contributed by atoms with Crippen LogP contribution in [0.5, 0.6) is 0 Å². The van der Waals surface area contributed by atoms with Gasteiger partial charge in [-0.1, -0.05) is 42.0 Å². The van der Waals surface area contributed by atoms with Crippen molar-refractivity contribution in [3.05, 3.63) is 76.9 Å². The number of benzene rings is 2. The topological polar surface area (TPSA) is 58.9 Å². The van der Waals surface area contributed by atoms with E-state index in [1.54, 1.807) is 23.3 Å². The number of thiazole rings is 1. The molecule has 0 radical (unpaired) electrons. The lowest BCUT2D eigenvalue weighted by molar-refractivity contribution is 0.155. The Kier molecular flexibility index (Phi) is 6.87. The number of anilines is 1. The molecule has 0 aliphatic carbocycles. The molecular weight excluding hydrogens is 420 g/mol. The van der Waals surface area contributed by atoms with E-state index in [1.807, 2.05) is 31.2 Å². The molecule has 0 atom stereocenters. The Morgan fingerprint density at radius 3 is 2.69 bits per heavy atom. The Hall–Kier alpha value is -3.16. The van der Waals surface area contributed by atoms with E-state index in [-0.39, 0.29) is 6.03 Å². The van der Waals surface area contributed by atoms with Gasteiger partial charge in [-0.05, 0) is 31.5 Å². The van der Waals surface area contributed by atoms with Crippen LogP contribution in [0, 0.1) is 13.8 Å². The van der Waals surface area contributed by atoms with Gasteiger partial charge < -0.3 is 15.0 Å². The summed E-state index contributed by atoms with van der Waals surface area (Å²) in [5.74, 6) is 0. The van der Waals surface area contributed by atoms with Gasteiger partial charge in [0.1, 0.15) is 0 Å². The van der Waals surface area contributed by atoms with E-state index >= 15 is 0 Å². The minimum atomic E-state index is -0.120. The van der Waals surface area contributed by atoms with Crippen LogP contribution in [0.4, 0.5) is 10.5 Å². The number of fused-ring (bicyclic) bond motifs is 1. The molecule has 0 unspecified atom stereocenters. The predicted molar refractivity (Wildman–Crippen MR) is 131 cm³/mol. The van der Waals surface area contributed by atoms with Gasteiger partial charge in [0.25, 0.3) is 0 Å². The summed E-state index contributed by atoms with van der Waals surface area (Å²) in [5.41, 5.74) is 6.35. The quantitative estimate of drug-likeness (QED) is 0.392. The van der Waals surface area contributed by atoms with Crippen molar-refractivity contribution in [3.63, 3.8) is 0 Å². The summed E-state index contributed by atoms with van der Waals surface area (Å²) in [5, 5.41) is 5.12. The highest BCUT2D eigenvalue weighted by Gasteiger charge is 2.16. The van der Waals surface area contributed by atoms with Gasteiger partial charge in [-0.3, -0.25) is 4.40 Å². The number of hydrogen-bond acceptors (Lipinski definition) is 4. The zero-order chi connectivity index (χ0) is 22.5. The van der Waals surface area contributed by atoms with E-state index in [1.165, 1.54) is 5.56 Å². The van der Waals surface area contributed by atoms with E-state index in [0.29, 0.717) is 19.7 Å². The van der Waals surface area contributed by atoms with Gasteiger partial charge in [0.15, 0.2) is 4.96 Å². The fourth-order valence-electron chi connectivity index (χ4n) is 3.56. The van der Waals surface area contributed by atoms with Gasteiger partial charge in [-0.25, -0.2) is 9.78 Å². The number of rotatable bonds is 8. The highest BCUT2D eigenvalue weighted by atomic mass is 32.1. The predicted octanol–water partition coefficient (Wildman–Crippen LogP) is 5.40. The standard InChI is InChI=1S/C25H28N4O2S/c1-18-7-9-20(10-8-18)23-16-29-22(17-32-25(29)27-23)11-12-28(13-14-31-3)24(30)26-21-6-4-5-19(2)15-21/h4-10,15-17H,11-14H2,1-3H3,(H,26,30). The van der Waals surface area contributed by atoms with Crippen LogP contribution in [0.2, 0.25) is 0 Å². The summed E-state index contributed by atoms with van der Waals surface area (Å²) < 4.78 is 7.36. The van der Waals surface area contributed by atoms with Crippen LogP contribution in [0.25, 0.3) is 16.2 Å².